The maximum Gasteiger partial charge on any atom is 0.248 e. The number of rotatable bonds is 7. The molecule has 2 aromatic carbocycles. The molecule has 0 spiro atoms. The third-order valence-corrected chi connectivity index (χ3v) is 3.12. The molecule has 120 valence electrons. The normalized spacial score (nSPS) is 10.5. The SMILES string of the molecule is CCCOc1ccc(NC(=O)/C=C/c2cccc(OC)c2)cc1. The van der Waals surface area contributed by atoms with E-state index in [1.54, 1.807) is 13.2 Å². The summed E-state index contributed by atoms with van der Waals surface area (Å²) >= 11 is 0. The zero-order chi connectivity index (χ0) is 16.5. The second kappa shape index (κ2) is 8.63. The minimum atomic E-state index is -0.185. The Morgan fingerprint density at radius 1 is 1.13 bits per heavy atom. The van der Waals surface area contributed by atoms with Crippen LogP contribution in [0.4, 0.5) is 5.69 Å². The fourth-order valence-electron chi connectivity index (χ4n) is 1.96. The highest BCUT2D eigenvalue weighted by atomic mass is 16.5. The van der Waals surface area contributed by atoms with Crippen molar-refractivity contribution in [1.29, 1.82) is 0 Å². The van der Waals surface area contributed by atoms with Crippen LogP contribution in [-0.4, -0.2) is 19.6 Å². The Kier molecular flexibility index (Phi) is 6.24. The topological polar surface area (TPSA) is 47.6 Å². The highest BCUT2D eigenvalue weighted by Gasteiger charge is 1.99. The zero-order valence-corrected chi connectivity index (χ0v) is 13.4. The van der Waals surface area contributed by atoms with Gasteiger partial charge in [-0.05, 0) is 54.5 Å². The number of hydrogen-bond acceptors (Lipinski definition) is 3. The van der Waals surface area contributed by atoms with E-state index in [1.165, 1.54) is 6.08 Å². The largest absolute Gasteiger partial charge is 0.497 e. The van der Waals surface area contributed by atoms with Crippen LogP contribution in [0.25, 0.3) is 6.08 Å². The van der Waals surface area contributed by atoms with E-state index in [0.29, 0.717) is 6.61 Å². The van der Waals surface area contributed by atoms with Crippen LogP contribution in [-0.2, 0) is 4.79 Å². The Balaban J connectivity index is 1.92. The summed E-state index contributed by atoms with van der Waals surface area (Å²) in [5.41, 5.74) is 1.64. The molecule has 0 heterocycles. The van der Waals surface area contributed by atoms with E-state index in [-0.39, 0.29) is 5.91 Å². The van der Waals surface area contributed by atoms with E-state index in [0.717, 1.165) is 29.2 Å². The number of anilines is 1. The predicted molar refractivity (Wildman–Crippen MR) is 92.9 cm³/mol. The molecule has 4 heteroatoms. The first-order valence-electron chi connectivity index (χ1n) is 7.57. The minimum Gasteiger partial charge on any atom is -0.497 e. The summed E-state index contributed by atoms with van der Waals surface area (Å²) in [5.74, 6) is 1.38. The fourth-order valence-corrected chi connectivity index (χ4v) is 1.96. The average molecular weight is 311 g/mol. The molecule has 0 radical (unpaired) electrons. The van der Waals surface area contributed by atoms with E-state index in [9.17, 15) is 4.79 Å². The molecule has 2 rings (SSSR count). The second-order valence-corrected chi connectivity index (χ2v) is 4.97. The standard InChI is InChI=1S/C19H21NO3/c1-3-13-23-17-10-8-16(9-11-17)20-19(21)12-7-15-5-4-6-18(14-15)22-2/h4-12,14H,3,13H2,1-2H3,(H,20,21)/b12-7+. The summed E-state index contributed by atoms with van der Waals surface area (Å²) in [4.78, 5) is 11.9. The first-order chi connectivity index (χ1) is 11.2. The van der Waals surface area contributed by atoms with Crippen molar-refractivity contribution in [3.8, 4) is 11.5 Å². The highest BCUT2D eigenvalue weighted by molar-refractivity contribution is 6.01. The Hall–Kier alpha value is -2.75. The molecule has 0 aliphatic rings. The summed E-state index contributed by atoms with van der Waals surface area (Å²) in [6.07, 6.45) is 4.21. The summed E-state index contributed by atoms with van der Waals surface area (Å²) in [6, 6.07) is 14.8. The van der Waals surface area contributed by atoms with E-state index < -0.39 is 0 Å². The van der Waals surface area contributed by atoms with Crippen molar-refractivity contribution in [3.63, 3.8) is 0 Å². The molecule has 0 aliphatic carbocycles. The molecule has 0 aliphatic heterocycles. The lowest BCUT2D eigenvalue weighted by Crippen LogP contribution is -2.07. The third kappa shape index (κ3) is 5.51. The molecule has 0 unspecified atom stereocenters. The highest BCUT2D eigenvalue weighted by Crippen LogP contribution is 2.16. The van der Waals surface area contributed by atoms with E-state index in [2.05, 4.69) is 12.2 Å². The quantitative estimate of drug-likeness (QED) is 0.782. The van der Waals surface area contributed by atoms with Gasteiger partial charge in [0, 0.05) is 11.8 Å². The van der Waals surface area contributed by atoms with Crippen molar-refractivity contribution in [2.24, 2.45) is 0 Å². The van der Waals surface area contributed by atoms with Gasteiger partial charge in [0.2, 0.25) is 5.91 Å². The molecule has 0 fully saturated rings. The number of carbonyl (C=O) groups excluding carboxylic acids is 1. The van der Waals surface area contributed by atoms with Gasteiger partial charge in [-0.3, -0.25) is 4.79 Å². The molecule has 1 amide bonds. The number of benzene rings is 2. The van der Waals surface area contributed by atoms with Crippen molar-refractivity contribution in [1.82, 2.24) is 0 Å². The Bertz CT molecular complexity index is 663. The molecule has 0 bridgehead atoms. The van der Waals surface area contributed by atoms with E-state index >= 15 is 0 Å². The average Bonchev–Trinajstić information content (AvgIpc) is 2.59. The van der Waals surface area contributed by atoms with E-state index in [1.807, 2.05) is 48.5 Å². The number of methoxy groups -OCH3 is 1. The molecular formula is C19H21NO3. The maximum absolute atomic E-state index is 11.9. The van der Waals surface area contributed by atoms with Crippen molar-refractivity contribution >= 4 is 17.7 Å². The second-order valence-electron chi connectivity index (χ2n) is 4.97. The monoisotopic (exact) mass is 311 g/mol. The minimum absolute atomic E-state index is 0.185. The van der Waals surface area contributed by atoms with Gasteiger partial charge in [-0.25, -0.2) is 0 Å². The van der Waals surface area contributed by atoms with Gasteiger partial charge in [-0.1, -0.05) is 19.1 Å². The third-order valence-electron chi connectivity index (χ3n) is 3.12. The smallest absolute Gasteiger partial charge is 0.248 e. The number of amides is 1. The lowest BCUT2D eigenvalue weighted by molar-refractivity contribution is -0.111. The van der Waals surface area contributed by atoms with Crippen LogP contribution >= 0.6 is 0 Å². The van der Waals surface area contributed by atoms with Crippen LogP contribution in [0.2, 0.25) is 0 Å². The Labute approximate surface area is 136 Å². The number of nitrogens with one attached hydrogen (secondary N) is 1. The summed E-state index contributed by atoms with van der Waals surface area (Å²) in [5, 5.41) is 2.81. The number of carbonyl (C=O) groups is 1. The Morgan fingerprint density at radius 3 is 2.61 bits per heavy atom. The molecule has 2 aromatic rings. The van der Waals surface area contributed by atoms with Crippen molar-refractivity contribution < 1.29 is 14.3 Å². The van der Waals surface area contributed by atoms with Gasteiger partial charge in [-0.2, -0.15) is 0 Å². The molecule has 4 nitrogen and oxygen atoms in total. The molecule has 23 heavy (non-hydrogen) atoms. The zero-order valence-electron chi connectivity index (χ0n) is 13.4. The van der Waals surface area contributed by atoms with E-state index in [4.69, 9.17) is 9.47 Å². The summed E-state index contributed by atoms with van der Waals surface area (Å²) < 4.78 is 10.7. The summed E-state index contributed by atoms with van der Waals surface area (Å²) in [6.45, 7) is 2.75. The van der Waals surface area contributed by atoms with Crippen molar-refractivity contribution in [2.75, 3.05) is 19.0 Å². The molecule has 0 saturated carbocycles. The van der Waals surface area contributed by atoms with Crippen LogP contribution in [0.15, 0.2) is 54.6 Å². The van der Waals surface area contributed by atoms with Crippen LogP contribution in [0.1, 0.15) is 18.9 Å². The first-order valence-corrected chi connectivity index (χ1v) is 7.57. The molecule has 0 atom stereocenters. The molecule has 0 saturated heterocycles. The van der Waals surface area contributed by atoms with Crippen molar-refractivity contribution in [2.45, 2.75) is 13.3 Å². The van der Waals surface area contributed by atoms with Gasteiger partial charge < -0.3 is 14.8 Å². The van der Waals surface area contributed by atoms with Gasteiger partial charge >= 0.3 is 0 Å². The van der Waals surface area contributed by atoms with Crippen LogP contribution in [0.3, 0.4) is 0 Å². The number of ether oxygens (including phenoxy) is 2. The van der Waals surface area contributed by atoms with Crippen LogP contribution < -0.4 is 14.8 Å². The maximum atomic E-state index is 11.9. The van der Waals surface area contributed by atoms with Gasteiger partial charge in [0.05, 0.1) is 13.7 Å². The first kappa shape index (κ1) is 16.6. The molecular weight excluding hydrogens is 290 g/mol. The lowest BCUT2D eigenvalue weighted by atomic mass is 10.2. The molecule has 0 aromatic heterocycles. The fraction of sp³-hybridized carbons (Fsp3) is 0.211. The van der Waals surface area contributed by atoms with Gasteiger partial charge in [0.15, 0.2) is 0 Å². The van der Waals surface area contributed by atoms with Crippen LogP contribution in [0.5, 0.6) is 11.5 Å². The van der Waals surface area contributed by atoms with Crippen LogP contribution in [0, 0.1) is 0 Å². The predicted octanol–water partition coefficient (Wildman–Crippen LogP) is 4.14. The Morgan fingerprint density at radius 2 is 1.91 bits per heavy atom. The van der Waals surface area contributed by atoms with Gasteiger partial charge in [0.1, 0.15) is 11.5 Å². The number of hydrogen-bond donors (Lipinski definition) is 1. The van der Waals surface area contributed by atoms with Gasteiger partial charge in [-0.15, -0.1) is 0 Å². The summed E-state index contributed by atoms with van der Waals surface area (Å²) in [7, 11) is 1.61. The van der Waals surface area contributed by atoms with Gasteiger partial charge in [0.25, 0.3) is 0 Å². The van der Waals surface area contributed by atoms with Crippen molar-refractivity contribution in [3.05, 3.63) is 60.2 Å². The molecule has 1 N–H and O–H groups in total. The lowest BCUT2D eigenvalue weighted by Gasteiger charge is -2.06.